The van der Waals surface area contributed by atoms with Crippen LogP contribution in [-0.4, -0.2) is 32.0 Å². The van der Waals surface area contributed by atoms with Crippen LogP contribution in [0, 0.1) is 5.82 Å². The van der Waals surface area contributed by atoms with E-state index in [0.717, 1.165) is 18.4 Å². The minimum absolute atomic E-state index is 0.0940. The maximum atomic E-state index is 13.6. The molecule has 2 fully saturated rings. The maximum Gasteiger partial charge on any atom is 0.151 e. The average Bonchev–Trinajstić information content (AvgIpc) is 2.64. The first kappa shape index (κ1) is 13.1. The zero-order valence-electron chi connectivity index (χ0n) is 10.7. The molecule has 1 aromatic carbocycles. The average molecular weight is 283 g/mol. The zero-order valence-corrected chi connectivity index (χ0v) is 11.5. The van der Waals surface area contributed by atoms with Crippen LogP contribution >= 0.6 is 0 Å². The highest BCUT2D eigenvalue weighted by Gasteiger charge is 2.36. The predicted molar refractivity (Wildman–Crippen MR) is 72.4 cm³/mol. The second-order valence-corrected chi connectivity index (χ2v) is 7.88. The van der Waals surface area contributed by atoms with Gasteiger partial charge in [0.15, 0.2) is 9.84 Å². The van der Waals surface area contributed by atoms with Gasteiger partial charge in [0.25, 0.3) is 0 Å². The van der Waals surface area contributed by atoms with E-state index in [2.05, 4.69) is 5.32 Å². The number of hydrogen-bond acceptors (Lipinski definition) is 3. The Balaban J connectivity index is 1.53. The van der Waals surface area contributed by atoms with Gasteiger partial charge >= 0.3 is 0 Å². The number of hydrogen-bond donors (Lipinski definition) is 1. The molecule has 0 bridgehead atoms. The quantitative estimate of drug-likeness (QED) is 0.921. The van der Waals surface area contributed by atoms with Crippen molar-refractivity contribution in [3.8, 4) is 0 Å². The summed E-state index contributed by atoms with van der Waals surface area (Å²) in [6.07, 6.45) is 2.51. The standard InChI is InChI=1S/C14H18FNO2S/c15-14-4-2-1-3-13(14)10-7-12(8-10)16-11-5-6-19(17,18)9-11/h1-4,10-12,16H,5-9H2/t10?,11-,12?/m1/s1. The highest BCUT2D eigenvalue weighted by atomic mass is 32.2. The summed E-state index contributed by atoms with van der Waals surface area (Å²) in [4.78, 5) is 0. The van der Waals surface area contributed by atoms with Crippen LogP contribution in [0.5, 0.6) is 0 Å². The lowest BCUT2D eigenvalue weighted by Crippen LogP contribution is -2.46. The molecule has 1 saturated heterocycles. The number of halogens is 1. The minimum Gasteiger partial charge on any atom is -0.310 e. The molecule has 2 aliphatic rings. The lowest BCUT2D eigenvalue weighted by Gasteiger charge is -2.38. The van der Waals surface area contributed by atoms with Gasteiger partial charge in [0.2, 0.25) is 0 Å². The normalized spacial score (nSPS) is 33.0. The molecule has 0 aromatic heterocycles. The van der Waals surface area contributed by atoms with Gasteiger partial charge in [-0.3, -0.25) is 0 Å². The fourth-order valence-electron chi connectivity index (χ4n) is 3.07. The van der Waals surface area contributed by atoms with Gasteiger partial charge in [0, 0.05) is 12.1 Å². The Morgan fingerprint density at radius 3 is 2.53 bits per heavy atom. The second kappa shape index (κ2) is 4.87. The van der Waals surface area contributed by atoms with Crippen LogP contribution in [0.2, 0.25) is 0 Å². The van der Waals surface area contributed by atoms with E-state index in [-0.39, 0.29) is 23.5 Å². The summed E-state index contributed by atoms with van der Waals surface area (Å²) in [7, 11) is -2.82. The molecule has 1 N–H and O–H groups in total. The molecule has 104 valence electrons. The van der Waals surface area contributed by atoms with Gasteiger partial charge in [-0.15, -0.1) is 0 Å². The monoisotopic (exact) mass is 283 g/mol. The molecule has 1 aromatic rings. The topological polar surface area (TPSA) is 46.2 Å². The number of benzene rings is 1. The molecule has 3 rings (SSSR count). The highest BCUT2D eigenvalue weighted by molar-refractivity contribution is 7.91. The first-order chi connectivity index (χ1) is 9.03. The summed E-state index contributed by atoms with van der Waals surface area (Å²) in [6.45, 7) is 0. The summed E-state index contributed by atoms with van der Waals surface area (Å²) in [5.41, 5.74) is 0.791. The molecule has 0 unspecified atom stereocenters. The van der Waals surface area contributed by atoms with E-state index < -0.39 is 9.84 Å². The maximum absolute atomic E-state index is 13.6. The molecule has 1 aliphatic carbocycles. The van der Waals surface area contributed by atoms with Crippen LogP contribution in [0.4, 0.5) is 4.39 Å². The first-order valence-electron chi connectivity index (χ1n) is 6.74. The van der Waals surface area contributed by atoms with Gasteiger partial charge in [-0.25, -0.2) is 12.8 Å². The third-order valence-electron chi connectivity index (χ3n) is 4.19. The Labute approximate surface area is 113 Å². The van der Waals surface area contributed by atoms with E-state index in [4.69, 9.17) is 0 Å². The van der Waals surface area contributed by atoms with Crippen molar-refractivity contribution in [2.24, 2.45) is 0 Å². The highest BCUT2D eigenvalue weighted by Crippen LogP contribution is 2.38. The fraction of sp³-hybridized carbons (Fsp3) is 0.571. The summed E-state index contributed by atoms with van der Waals surface area (Å²) < 4.78 is 36.3. The van der Waals surface area contributed by atoms with Crippen LogP contribution in [0.1, 0.15) is 30.7 Å². The van der Waals surface area contributed by atoms with Crippen LogP contribution in [0.15, 0.2) is 24.3 Å². The zero-order chi connectivity index (χ0) is 13.5. The first-order valence-corrected chi connectivity index (χ1v) is 8.56. The Bertz CT molecular complexity index is 567. The summed E-state index contributed by atoms with van der Waals surface area (Å²) in [6, 6.07) is 7.34. The van der Waals surface area contributed by atoms with Crippen molar-refractivity contribution < 1.29 is 12.8 Å². The molecule has 1 saturated carbocycles. The Hall–Kier alpha value is -0.940. The van der Waals surface area contributed by atoms with Crippen LogP contribution < -0.4 is 5.32 Å². The lowest BCUT2D eigenvalue weighted by atomic mass is 9.75. The lowest BCUT2D eigenvalue weighted by molar-refractivity contribution is 0.266. The smallest absolute Gasteiger partial charge is 0.151 e. The molecule has 19 heavy (non-hydrogen) atoms. The van der Waals surface area contributed by atoms with E-state index in [1.54, 1.807) is 6.07 Å². The van der Waals surface area contributed by atoms with Gasteiger partial charge < -0.3 is 5.32 Å². The summed E-state index contributed by atoms with van der Waals surface area (Å²) >= 11 is 0. The molecule has 0 spiro atoms. The van der Waals surface area contributed by atoms with E-state index in [1.807, 2.05) is 12.1 Å². The minimum atomic E-state index is -2.82. The van der Waals surface area contributed by atoms with Gasteiger partial charge in [-0.1, -0.05) is 18.2 Å². The van der Waals surface area contributed by atoms with Gasteiger partial charge in [0.1, 0.15) is 5.82 Å². The Morgan fingerprint density at radius 1 is 1.16 bits per heavy atom. The van der Waals surface area contributed by atoms with Crippen LogP contribution in [-0.2, 0) is 9.84 Å². The molecule has 5 heteroatoms. The van der Waals surface area contributed by atoms with Crippen molar-refractivity contribution in [2.45, 2.75) is 37.3 Å². The molecule has 0 amide bonds. The van der Waals surface area contributed by atoms with Crippen LogP contribution in [0.25, 0.3) is 0 Å². The van der Waals surface area contributed by atoms with E-state index in [9.17, 15) is 12.8 Å². The fourth-order valence-corrected chi connectivity index (χ4v) is 4.76. The molecule has 0 radical (unpaired) electrons. The Morgan fingerprint density at radius 2 is 1.89 bits per heavy atom. The van der Waals surface area contributed by atoms with Crippen molar-refractivity contribution in [3.05, 3.63) is 35.6 Å². The second-order valence-electron chi connectivity index (χ2n) is 5.65. The van der Waals surface area contributed by atoms with Crippen molar-refractivity contribution >= 4 is 9.84 Å². The third-order valence-corrected chi connectivity index (χ3v) is 5.95. The number of rotatable bonds is 3. The predicted octanol–water partition coefficient (Wildman–Crippen LogP) is 1.85. The molecular weight excluding hydrogens is 265 g/mol. The van der Waals surface area contributed by atoms with Gasteiger partial charge in [-0.2, -0.15) is 0 Å². The largest absolute Gasteiger partial charge is 0.310 e. The SMILES string of the molecule is O=S1(=O)CC[C@@H](NC2CC(c3ccccc3F)C2)C1. The van der Waals surface area contributed by atoms with E-state index in [0.29, 0.717) is 18.2 Å². The van der Waals surface area contributed by atoms with Crippen molar-refractivity contribution in [2.75, 3.05) is 11.5 Å². The third kappa shape index (κ3) is 2.82. The van der Waals surface area contributed by atoms with Gasteiger partial charge in [0.05, 0.1) is 11.5 Å². The number of sulfone groups is 1. The molecule has 1 heterocycles. The Kier molecular flexibility index (Phi) is 3.35. The van der Waals surface area contributed by atoms with Crippen molar-refractivity contribution in [1.82, 2.24) is 5.32 Å². The summed E-state index contributed by atoms with van der Waals surface area (Å²) in [5.74, 6) is 0.702. The summed E-state index contributed by atoms with van der Waals surface area (Å²) in [5, 5.41) is 3.39. The molecule has 1 aliphatic heterocycles. The molecule has 3 nitrogen and oxygen atoms in total. The van der Waals surface area contributed by atoms with E-state index in [1.165, 1.54) is 6.07 Å². The van der Waals surface area contributed by atoms with E-state index >= 15 is 0 Å². The van der Waals surface area contributed by atoms with Crippen LogP contribution in [0.3, 0.4) is 0 Å². The number of nitrogens with one attached hydrogen (secondary N) is 1. The van der Waals surface area contributed by atoms with Crippen molar-refractivity contribution in [1.29, 1.82) is 0 Å². The molecule has 1 atom stereocenters. The molecular formula is C14H18FNO2S. The van der Waals surface area contributed by atoms with Gasteiger partial charge in [-0.05, 0) is 36.8 Å². The van der Waals surface area contributed by atoms with Crippen molar-refractivity contribution in [3.63, 3.8) is 0 Å².